The van der Waals surface area contributed by atoms with Gasteiger partial charge in [0.15, 0.2) is 11.5 Å². The number of carbonyl (C=O) groups excluding carboxylic acids is 2. The average molecular weight is 235 g/mol. The molecular formula is C9H8F3NO3. The number of halogens is 3. The number of carbonyl (C=O) groups is 2. The fourth-order valence-corrected chi connectivity index (χ4v) is 1.08. The predicted molar refractivity (Wildman–Crippen MR) is 48.1 cm³/mol. The fourth-order valence-electron chi connectivity index (χ4n) is 1.08. The van der Waals surface area contributed by atoms with Gasteiger partial charge in [-0.2, -0.15) is 13.2 Å². The molecule has 1 rings (SSSR count). The maximum atomic E-state index is 11.9. The van der Waals surface area contributed by atoms with Crippen molar-refractivity contribution in [2.24, 2.45) is 0 Å². The molecule has 16 heavy (non-hydrogen) atoms. The van der Waals surface area contributed by atoms with Crippen molar-refractivity contribution in [1.82, 2.24) is 0 Å². The summed E-state index contributed by atoms with van der Waals surface area (Å²) < 4.78 is 40.4. The Bertz CT molecular complexity index is 434. The summed E-state index contributed by atoms with van der Waals surface area (Å²) in [5.41, 5.74) is 0.366. The molecule has 0 saturated heterocycles. The summed E-state index contributed by atoms with van der Waals surface area (Å²) >= 11 is 0. The largest absolute Gasteiger partial charge is 0.471 e. The van der Waals surface area contributed by atoms with Crippen molar-refractivity contribution in [3.05, 3.63) is 17.4 Å². The molecule has 0 aliphatic carbocycles. The van der Waals surface area contributed by atoms with Crippen molar-refractivity contribution in [3.63, 3.8) is 0 Å². The molecule has 0 atom stereocenters. The first kappa shape index (κ1) is 12.3. The molecule has 0 aromatic carbocycles. The summed E-state index contributed by atoms with van der Waals surface area (Å²) in [5.74, 6) is -3.04. The van der Waals surface area contributed by atoms with Gasteiger partial charge in [0.2, 0.25) is 5.88 Å². The molecule has 0 aliphatic heterocycles. The molecule has 0 aliphatic rings. The highest BCUT2D eigenvalue weighted by atomic mass is 19.4. The van der Waals surface area contributed by atoms with Gasteiger partial charge in [0, 0.05) is 18.6 Å². The molecule has 0 spiro atoms. The Labute approximate surface area is 88.4 Å². The van der Waals surface area contributed by atoms with E-state index < -0.39 is 23.8 Å². The zero-order valence-corrected chi connectivity index (χ0v) is 8.44. The molecule has 0 radical (unpaired) electrons. The molecule has 1 aromatic heterocycles. The zero-order chi connectivity index (χ0) is 12.5. The van der Waals surface area contributed by atoms with E-state index in [1.54, 1.807) is 0 Å². The van der Waals surface area contributed by atoms with Gasteiger partial charge in [-0.05, 0) is 6.92 Å². The summed E-state index contributed by atoms with van der Waals surface area (Å²) in [6, 6.07) is 1.15. The van der Waals surface area contributed by atoms with Crippen molar-refractivity contribution in [2.45, 2.75) is 20.0 Å². The Morgan fingerprint density at radius 3 is 2.31 bits per heavy atom. The van der Waals surface area contributed by atoms with E-state index in [4.69, 9.17) is 4.42 Å². The third-order valence-electron chi connectivity index (χ3n) is 1.73. The number of anilines is 1. The van der Waals surface area contributed by atoms with Gasteiger partial charge in [-0.3, -0.25) is 14.9 Å². The number of hydrogen-bond donors (Lipinski definition) is 1. The lowest BCUT2D eigenvalue weighted by Gasteiger charge is -2.04. The Hall–Kier alpha value is -1.79. The van der Waals surface area contributed by atoms with Crippen LogP contribution in [-0.4, -0.2) is 17.9 Å². The van der Waals surface area contributed by atoms with Crippen LogP contribution in [0.5, 0.6) is 0 Å². The van der Waals surface area contributed by atoms with E-state index in [2.05, 4.69) is 0 Å². The van der Waals surface area contributed by atoms with Gasteiger partial charge in [-0.25, -0.2) is 0 Å². The second kappa shape index (κ2) is 3.99. The number of ketones is 1. The third kappa shape index (κ3) is 2.62. The molecule has 1 aromatic rings. The Kier molecular flexibility index (Phi) is 3.06. The number of furan rings is 1. The SMILES string of the molecule is CC(=O)c1oc(NC(=O)C(F)(F)F)cc1C. The van der Waals surface area contributed by atoms with Crippen LogP contribution in [0.15, 0.2) is 10.5 Å². The zero-order valence-electron chi connectivity index (χ0n) is 8.44. The fraction of sp³-hybridized carbons (Fsp3) is 0.333. The molecule has 0 fully saturated rings. The first-order valence-corrected chi connectivity index (χ1v) is 4.21. The van der Waals surface area contributed by atoms with Crippen LogP contribution >= 0.6 is 0 Å². The van der Waals surface area contributed by atoms with Crippen LogP contribution in [0.2, 0.25) is 0 Å². The molecule has 1 amide bonds. The predicted octanol–water partition coefficient (Wildman–Crippen LogP) is 2.29. The van der Waals surface area contributed by atoms with Crippen molar-refractivity contribution in [1.29, 1.82) is 0 Å². The normalized spacial score (nSPS) is 11.3. The first-order valence-electron chi connectivity index (χ1n) is 4.21. The van der Waals surface area contributed by atoms with Crippen molar-refractivity contribution in [3.8, 4) is 0 Å². The summed E-state index contributed by atoms with van der Waals surface area (Å²) in [6.45, 7) is 2.70. The summed E-state index contributed by atoms with van der Waals surface area (Å²) in [6.07, 6.45) is -4.99. The van der Waals surface area contributed by atoms with E-state index >= 15 is 0 Å². The first-order chi connectivity index (χ1) is 7.21. The van der Waals surface area contributed by atoms with E-state index in [0.29, 0.717) is 5.56 Å². The lowest BCUT2D eigenvalue weighted by molar-refractivity contribution is -0.167. The highest BCUT2D eigenvalue weighted by Crippen LogP contribution is 2.22. The lowest BCUT2D eigenvalue weighted by Crippen LogP contribution is -2.29. The smallest absolute Gasteiger partial charge is 0.437 e. The van der Waals surface area contributed by atoms with E-state index in [-0.39, 0.29) is 5.76 Å². The van der Waals surface area contributed by atoms with Gasteiger partial charge in [-0.15, -0.1) is 0 Å². The van der Waals surface area contributed by atoms with Crippen molar-refractivity contribution in [2.75, 3.05) is 5.32 Å². The number of nitrogens with one attached hydrogen (secondary N) is 1. The molecular weight excluding hydrogens is 227 g/mol. The van der Waals surface area contributed by atoms with Gasteiger partial charge < -0.3 is 4.42 Å². The average Bonchev–Trinajstić information content (AvgIpc) is 2.45. The molecule has 0 saturated carbocycles. The standard InChI is InChI=1S/C9H8F3NO3/c1-4-3-6(16-7(4)5(2)14)13-8(15)9(10,11)12/h3H,1-2H3,(H,13,15). The number of alkyl halides is 3. The Morgan fingerprint density at radius 2 is 1.94 bits per heavy atom. The molecule has 1 heterocycles. The maximum absolute atomic E-state index is 11.9. The third-order valence-corrected chi connectivity index (χ3v) is 1.73. The van der Waals surface area contributed by atoms with Crippen LogP contribution in [0.3, 0.4) is 0 Å². The van der Waals surface area contributed by atoms with Gasteiger partial charge in [-0.1, -0.05) is 0 Å². The van der Waals surface area contributed by atoms with Crippen LogP contribution < -0.4 is 5.32 Å². The molecule has 0 bridgehead atoms. The number of amides is 1. The van der Waals surface area contributed by atoms with E-state index in [1.807, 2.05) is 0 Å². The summed E-state index contributed by atoms with van der Waals surface area (Å²) in [7, 11) is 0. The van der Waals surface area contributed by atoms with Crippen LogP contribution in [0.4, 0.5) is 19.1 Å². The topological polar surface area (TPSA) is 59.3 Å². The van der Waals surface area contributed by atoms with E-state index in [0.717, 1.165) is 6.07 Å². The lowest BCUT2D eigenvalue weighted by atomic mass is 10.2. The van der Waals surface area contributed by atoms with Crippen molar-refractivity contribution >= 4 is 17.6 Å². The van der Waals surface area contributed by atoms with E-state index in [9.17, 15) is 22.8 Å². The van der Waals surface area contributed by atoms with Crippen LogP contribution in [-0.2, 0) is 4.79 Å². The van der Waals surface area contributed by atoms with Crippen LogP contribution in [0.25, 0.3) is 0 Å². The minimum absolute atomic E-state index is 0.0718. The van der Waals surface area contributed by atoms with Gasteiger partial charge in [0.25, 0.3) is 0 Å². The number of Topliss-reactive ketones (excluding diaryl/α,β-unsaturated/α-hetero) is 1. The quantitative estimate of drug-likeness (QED) is 0.800. The number of hydrogen-bond acceptors (Lipinski definition) is 3. The molecule has 1 N–H and O–H groups in total. The second-order valence-corrected chi connectivity index (χ2v) is 3.13. The number of rotatable bonds is 2. The second-order valence-electron chi connectivity index (χ2n) is 3.13. The van der Waals surface area contributed by atoms with E-state index in [1.165, 1.54) is 19.2 Å². The van der Waals surface area contributed by atoms with Gasteiger partial charge in [0.1, 0.15) is 0 Å². The molecule has 0 unspecified atom stereocenters. The summed E-state index contributed by atoms with van der Waals surface area (Å²) in [5, 5.41) is 1.52. The minimum Gasteiger partial charge on any atom is -0.437 e. The van der Waals surface area contributed by atoms with Gasteiger partial charge >= 0.3 is 12.1 Å². The highest BCUT2D eigenvalue weighted by Gasteiger charge is 2.39. The highest BCUT2D eigenvalue weighted by molar-refractivity contribution is 5.96. The molecule has 88 valence electrons. The molecule has 7 heteroatoms. The van der Waals surface area contributed by atoms with Crippen LogP contribution in [0.1, 0.15) is 23.0 Å². The Balaban J connectivity index is 2.88. The van der Waals surface area contributed by atoms with Crippen molar-refractivity contribution < 1.29 is 27.2 Å². The molecule has 4 nitrogen and oxygen atoms in total. The van der Waals surface area contributed by atoms with Gasteiger partial charge in [0.05, 0.1) is 0 Å². The van der Waals surface area contributed by atoms with Crippen LogP contribution in [0, 0.1) is 6.92 Å². The number of aryl methyl sites for hydroxylation is 1. The Morgan fingerprint density at radius 1 is 1.38 bits per heavy atom. The summed E-state index contributed by atoms with van der Waals surface area (Å²) in [4.78, 5) is 21.5. The minimum atomic E-state index is -4.99. The maximum Gasteiger partial charge on any atom is 0.471 e. The monoisotopic (exact) mass is 235 g/mol.